The summed E-state index contributed by atoms with van der Waals surface area (Å²) in [6.07, 6.45) is 2.13. The molecule has 0 aliphatic carbocycles. The Morgan fingerprint density at radius 1 is 1.44 bits per heavy atom. The number of aromatic nitrogens is 1. The van der Waals surface area contributed by atoms with Crippen LogP contribution in [0, 0.1) is 0 Å². The maximum atomic E-state index is 11.5. The molecular weight excluding hydrogens is 228 g/mol. The van der Waals surface area contributed by atoms with Gasteiger partial charge >= 0.3 is 5.97 Å². The molecule has 1 N–H and O–H groups in total. The van der Waals surface area contributed by atoms with E-state index in [9.17, 15) is 4.79 Å². The molecule has 4 heteroatoms. The predicted molar refractivity (Wildman–Crippen MR) is 71.1 cm³/mol. The highest BCUT2D eigenvalue weighted by Crippen LogP contribution is 2.09. The molecular formula is C14H22N2O2. The lowest BCUT2D eigenvalue weighted by Gasteiger charge is -2.20. The lowest BCUT2D eigenvalue weighted by Crippen LogP contribution is -2.28. The van der Waals surface area contributed by atoms with Gasteiger partial charge in [0.25, 0.3) is 0 Å². The number of carbonyl (C=O) groups excluding carboxylic acids is 1. The van der Waals surface area contributed by atoms with Crippen LogP contribution in [-0.4, -0.2) is 23.1 Å². The number of rotatable bonds is 5. The first-order valence-corrected chi connectivity index (χ1v) is 6.24. The predicted octanol–water partition coefficient (Wildman–Crippen LogP) is 2.46. The molecule has 0 aliphatic rings. The van der Waals surface area contributed by atoms with Crippen molar-refractivity contribution < 1.29 is 9.53 Å². The fraction of sp³-hybridized carbons (Fsp3) is 0.571. The van der Waals surface area contributed by atoms with Crippen molar-refractivity contribution in [3.8, 4) is 0 Å². The van der Waals surface area contributed by atoms with Crippen molar-refractivity contribution in [1.29, 1.82) is 0 Å². The number of esters is 1. The van der Waals surface area contributed by atoms with Gasteiger partial charge in [-0.15, -0.1) is 0 Å². The van der Waals surface area contributed by atoms with Crippen LogP contribution < -0.4 is 5.32 Å². The van der Waals surface area contributed by atoms with E-state index in [1.54, 1.807) is 6.20 Å². The van der Waals surface area contributed by atoms with Gasteiger partial charge < -0.3 is 10.1 Å². The second-order valence-electron chi connectivity index (χ2n) is 5.27. The quantitative estimate of drug-likeness (QED) is 0.816. The summed E-state index contributed by atoms with van der Waals surface area (Å²) < 4.78 is 5.23. The summed E-state index contributed by atoms with van der Waals surface area (Å²) in [4.78, 5) is 15.8. The smallest absolute Gasteiger partial charge is 0.307 e. The fourth-order valence-electron chi connectivity index (χ4n) is 1.52. The van der Waals surface area contributed by atoms with Crippen LogP contribution in [0.15, 0.2) is 24.4 Å². The van der Waals surface area contributed by atoms with E-state index in [0.717, 1.165) is 5.69 Å². The maximum Gasteiger partial charge on any atom is 0.307 e. The molecule has 18 heavy (non-hydrogen) atoms. The van der Waals surface area contributed by atoms with Gasteiger partial charge in [-0.1, -0.05) is 6.07 Å². The standard InChI is InChI=1S/C14H22N2O2/c1-11(12-7-5-6-9-16-12)15-10-8-13(17)18-14(2,3)4/h5-7,9,11,15H,8,10H2,1-4H3/t11-/m0/s1. The van der Waals surface area contributed by atoms with Gasteiger partial charge in [0.1, 0.15) is 5.60 Å². The van der Waals surface area contributed by atoms with Gasteiger partial charge in [0.05, 0.1) is 12.1 Å². The third kappa shape index (κ3) is 5.77. The summed E-state index contributed by atoms with van der Waals surface area (Å²) in [5.41, 5.74) is 0.561. The van der Waals surface area contributed by atoms with Gasteiger partial charge in [0.2, 0.25) is 0 Å². The van der Waals surface area contributed by atoms with E-state index in [2.05, 4.69) is 10.3 Å². The van der Waals surface area contributed by atoms with Crippen molar-refractivity contribution in [2.75, 3.05) is 6.54 Å². The van der Waals surface area contributed by atoms with E-state index in [0.29, 0.717) is 13.0 Å². The first-order chi connectivity index (χ1) is 8.38. The molecule has 0 saturated heterocycles. The molecule has 1 aromatic rings. The molecule has 0 bridgehead atoms. The van der Waals surface area contributed by atoms with Crippen LogP contribution in [0.3, 0.4) is 0 Å². The number of hydrogen-bond donors (Lipinski definition) is 1. The zero-order valence-corrected chi connectivity index (χ0v) is 11.6. The van der Waals surface area contributed by atoms with Gasteiger partial charge in [0.15, 0.2) is 0 Å². The van der Waals surface area contributed by atoms with E-state index in [1.165, 1.54) is 0 Å². The summed E-state index contributed by atoms with van der Waals surface area (Å²) in [5, 5.41) is 3.25. The minimum Gasteiger partial charge on any atom is -0.460 e. The number of ether oxygens (including phenoxy) is 1. The molecule has 0 radical (unpaired) electrons. The number of nitrogens with one attached hydrogen (secondary N) is 1. The van der Waals surface area contributed by atoms with Gasteiger partial charge in [-0.3, -0.25) is 9.78 Å². The van der Waals surface area contributed by atoms with Crippen LogP contribution >= 0.6 is 0 Å². The molecule has 1 atom stereocenters. The molecule has 1 heterocycles. The van der Waals surface area contributed by atoms with Crippen molar-refractivity contribution in [2.45, 2.75) is 45.8 Å². The third-order valence-corrected chi connectivity index (χ3v) is 2.33. The Labute approximate surface area is 109 Å². The van der Waals surface area contributed by atoms with Gasteiger partial charge in [-0.2, -0.15) is 0 Å². The first-order valence-electron chi connectivity index (χ1n) is 6.24. The molecule has 4 nitrogen and oxygen atoms in total. The average molecular weight is 250 g/mol. The van der Waals surface area contributed by atoms with Crippen molar-refractivity contribution >= 4 is 5.97 Å². The zero-order valence-electron chi connectivity index (χ0n) is 11.6. The molecule has 0 unspecified atom stereocenters. The normalized spacial score (nSPS) is 13.1. The summed E-state index contributed by atoms with van der Waals surface area (Å²) in [6.45, 7) is 8.22. The lowest BCUT2D eigenvalue weighted by atomic mass is 10.2. The summed E-state index contributed by atoms with van der Waals surface area (Å²) in [7, 11) is 0. The Hall–Kier alpha value is -1.42. The van der Waals surface area contributed by atoms with Crippen LogP contribution in [0.2, 0.25) is 0 Å². The molecule has 1 aromatic heterocycles. The van der Waals surface area contributed by atoms with E-state index in [-0.39, 0.29) is 12.0 Å². The summed E-state index contributed by atoms with van der Waals surface area (Å²) >= 11 is 0. The van der Waals surface area contributed by atoms with Gasteiger partial charge in [0, 0.05) is 18.8 Å². The lowest BCUT2D eigenvalue weighted by molar-refractivity contribution is -0.154. The van der Waals surface area contributed by atoms with Crippen molar-refractivity contribution in [1.82, 2.24) is 10.3 Å². The summed E-state index contributed by atoms with van der Waals surface area (Å²) in [6, 6.07) is 5.94. The Morgan fingerprint density at radius 3 is 2.72 bits per heavy atom. The molecule has 0 amide bonds. The SMILES string of the molecule is C[C@H](NCCC(=O)OC(C)(C)C)c1ccccn1. The topological polar surface area (TPSA) is 51.2 Å². The van der Waals surface area contributed by atoms with Crippen LogP contribution in [0.1, 0.15) is 45.9 Å². The van der Waals surface area contributed by atoms with Crippen LogP contribution in [0.4, 0.5) is 0 Å². The second kappa shape index (κ2) is 6.50. The van der Waals surface area contributed by atoms with E-state index in [4.69, 9.17) is 4.74 Å². The Bertz CT molecular complexity index is 371. The van der Waals surface area contributed by atoms with Gasteiger partial charge in [-0.25, -0.2) is 0 Å². The summed E-state index contributed by atoms with van der Waals surface area (Å²) in [5.74, 6) is -0.178. The molecule has 0 fully saturated rings. The Kier molecular flexibility index (Phi) is 5.28. The fourth-order valence-corrected chi connectivity index (χ4v) is 1.52. The number of hydrogen-bond acceptors (Lipinski definition) is 4. The first kappa shape index (κ1) is 14.6. The minimum atomic E-state index is -0.413. The van der Waals surface area contributed by atoms with Crippen LogP contribution in [0.5, 0.6) is 0 Å². The highest BCUT2D eigenvalue weighted by Gasteiger charge is 2.16. The molecule has 1 rings (SSSR count). The van der Waals surface area contributed by atoms with Crippen molar-refractivity contribution in [3.63, 3.8) is 0 Å². The second-order valence-corrected chi connectivity index (χ2v) is 5.27. The molecule has 100 valence electrons. The molecule has 0 saturated carbocycles. The molecule has 0 spiro atoms. The van der Waals surface area contributed by atoms with E-state index < -0.39 is 5.60 Å². The number of carbonyl (C=O) groups is 1. The molecule has 0 aliphatic heterocycles. The third-order valence-electron chi connectivity index (χ3n) is 2.33. The number of nitrogens with zero attached hydrogens (tertiary/aromatic N) is 1. The van der Waals surface area contributed by atoms with Crippen molar-refractivity contribution in [3.05, 3.63) is 30.1 Å². The average Bonchev–Trinajstić information content (AvgIpc) is 2.27. The zero-order chi connectivity index (χ0) is 13.6. The minimum absolute atomic E-state index is 0.133. The highest BCUT2D eigenvalue weighted by molar-refractivity contribution is 5.70. The monoisotopic (exact) mass is 250 g/mol. The molecule has 0 aromatic carbocycles. The maximum absolute atomic E-state index is 11.5. The van der Waals surface area contributed by atoms with Crippen molar-refractivity contribution in [2.24, 2.45) is 0 Å². The van der Waals surface area contributed by atoms with Crippen LogP contribution in [-0.2, 0) is 9.53 Å². The Balaban J connectivity index is 2.28. The highest BCUT2D eigenvalue weighted by atomic mass is 16.6. The Morgan fingerprint density at radius 2 is 2.17 bits per heavy atom. The number of pyridine rings is 1. The van der Waals surface area contributed by atoms with E-state index >= 15 is 0 Å². The van der Waals surface area contributed by atoms with E-state index in [1.807, 2.05) is 45.9 Å². The van der Waals surface area contributed by atoms with Crippen LogP contribution in [0.25, 0.3) is 0 Å². The van der Waals surface area contributed by atoms with Gasteiger partial charge in [-0.05, 0) is 39.8 Å². The largest absolute Gasteiger partial charge is 0.460 e.